The molecule has 1 fully saturated rings. The molecule has 1 rings (SSSR count). The maximum atomic E-state index is 11.1. The van der Waals surface area contributed by atoms with Crippen molar-refractivity contribution in [3.05, 3.63) is 0 Å². The van der Waals surface area contributed by atoms with Gasteiger partial charge in [0.25, 0.3) is 0 Å². The average molecular weight is 223 g/mol. The fourth-order valence-corrected chi connectivity index (χ4v) is 1.92. The van der Waals surface area contributed by atoms with Gasteiger partial charge in [-0.15, -0.1) is 0 Å². The van der Waals surface area contributed by atoms with Gasteiger partial charge in [0.15, 0.2) is 0 Å². The van der Waals surface area contributed by atoms with Gasteiger partial charge in [0.2, 0.25) is 5.91 Å². The van der Waals surface area contributed by atoms with Crippen LogP contribution in [-0.4, -0.2) is 48.4 Å². The van der Waals surface area contributed by atoms with Gasteiger partial charge in [-0.05, 0) is 5.92 Å². The summed E-state index contributed by atoms with van der Waals surface area (Å²) in [4.78, 5) is 15.3. The number of amides is 1. The van der Waals surface area contributed by atoms with Gasteiger partial charge in [-0.3, -0.25) is 9.69 Å². The van der Waals surface area contributed by atoms with Crippen LogP contribution in [0, 0.1) is 23.2 Å². The minimum Gasteiger partial charge on any atom is -0.340 e. The molecule has 0 aromatic carbocycles. The number of piperazine rings is 1. The maximum Gasteiger partial charge on any atom is 0.219 e. The molecule has 0 aliphatic carbocycles. The van der Waals surface area contributed by atoms with Crippen molar-refractivity contribution in [1.82, 2.24) is 9.80 Å². The van der Waals surface area contributed by atoms with Gasteiger partial charge in [0, 0.05) is 39.6 Å². The van der Waals surface area contributed by atoms with Crippen molar-refractivity contribution in [3.63, 3.8) is 0 Å². The van der Waals surface area contributed by atoms with E-state index in [9.17, 15) is 4.79 Å². The first-order valence-corrected chi connectivity index (χ1v) is 5.92. The van der Waals surface area contributed by atoms with Gasteiger partial charge in [-0.1, -0.05) is 13.8 Å². The van der Waals surface area contributed by atoms with Crippen LogP contribution in [0.1, 0.15) is 20.8 Å². The number of hydrogen-bond donors (Lipinski definition) is 0. The standard InChI is InChI=1S/C12H21N3O/c1-10(2)12(8-13)9-14-4-6-15(7-5-14)11(3)16/h10,12H,4-7,9H2,1-3H3. The summed E-state index contributed by atoms with van der Waals surface area (Å²) in [6.45, 7) is 9.99. The summed E-state index contributed by atoms with van der Waals surface area (Å²) in [5.41, 5.74) is 0. The summed E-state index contributed by atoms with van der Waals surface area (Å²) in [6, 6.07) is 2.36. The van der Waals surface area contributed by atoms with E-state index in [-0.39, 0.29) is 11.8 Å². The Morgan fingerprint density at radius 1 is 1.31 bits per heavy atom. The SMILES string of the molecule is CC(=O)N1CCN(CC(C#N)C(C)C)CC1. The van der Waals surface area contributed by atoms with E-state index in [0.717, 1.165) is 32.7 Å². The van der Waals surface area contributed by atoms with Crippen LogP contribution in [0.15, 0.2) is 0 Å². The lowest BCUT2D eigenvalue weighted by Crippen LogP contribution is -2.49. The van der Waals surface area contributed by atoms with E-state index in [1.54, 1.807) is 6.92 Å². The smallest absolute Gasteiger partial charge is 0.219 e. The quantitative estimate of drug-likeness (QED) is 0.715. The van der Waals surface area contributed by atoms with Crippen LogP contribution in [0.2, 0.25) is 0 Å². The average Bonchev–Trinajstić information content (AvgIpc) is 2.26. The Balaban J connectivity index is 2.37. The van der Waals surface area contributed by atoms with Gasteiger partial charge < -0.3 is 4.90 Å². The highest BCUT2D eigenvalue weighted by Crippen LogP contribution is 2.13. The fraction of sp³-hybridized carbons (Fsp3) is 0.833. The zero-order valence-electron chi connectivity index (χ0n) is 10.4. The topological polar surface area (TPSA) is 47.3 Å². The Kier molecular flexibility index (Phi) is 4.75. The Morgan fingerprint density at radius 3 is 2.25 bits per heavy atom. The third kappa shape index (κ3) is 3.49. The molecule has 4 nitrogen and oxygen atoms in total. The van der Waals surface area contributed by atoms with Crippen LogP contribution >= 0.6 is 0 Å². The summed E-state index contributed by atoms with van der Waals surface area (Å²) < 4.78 is 0. The number of nitrogens with zero attached hydrogens (tertiary/aromatic N) is 3. The lowest BCUT2D eigenvalue weighted by Gasteiger charge is -2.35. The van der Waals surface area contributed by atoms with Crippen molar-refractivity contribution in [3.8, 4) is 6.07 Å². The lowest BCUT2D eigenvalue weighted by atomic mass is 9.97. The second-order valence-corrected chi connectivity index (χ2v) is 4.79. The molecule has 16 heavy (non-hydrogen) atoms. The predicted molar refractivity (Wildman–Crippen MR) is 62.6 cm³/mol. The van der Waals surface area contributed by atoms with Crippen LogP contribution in [-0.2, 0) is 4.79 Å². The summed E-state index contributed by atoms with van der Waals surface area (Å²) in [5.74, 6) is 0.653. The van der Waals surface area contributed by atoms with Gasteiger partial charge in [-0.25, -0.2) is 0 Å². The molecule has 0 saturated carbocycles. The van der Waals surface area contributed by atoms with Crippen LogP contribution in [0.5, 0.6) is 0 Å². The van der Waals surface area contributed by atoms with E-state index in [4.69, 9.17) is 5.26 Å². The van der Waals surface area contributed by atoms with Crippen LogP contribution in [0.4, 0.5) is 0 Å². The van der Waals surface area contributed by atoms with E-state index in [1.165, 1.54) is 0 Å². The first-order chi connectivity index (χ1) is 7.54. The Labute approximate surface area is 97.8 Å². The molecule has 1 atom stereocenters. The van der Waals surface area contributed by atoms with E-state index in [2.05, 4.69) is 24.8 Å². The van der Waals surface area contributed by atoms with E-state index < -0.39 is 0 Å². The molecule has 0 spiro atoms. The zero-order valence-corrected chi connectivity index (χ0v) is 10.4. The van der Waals surface area contributed by atoms with Gasteiger partial charge in [-0.2, -0.15) is 5.26 Å². The van der Waals surface area contributed by atoms with E-state index in [0.29, 0.717) is 5.92 Å². The molecule has 1 amide bonds. The molecule has 0 radical (unpaired) electrons. The number of nitriles is 1. The zero-order chi connectivity index (χ0) is 12.1. The molecule has 1 unspecified atom stereocenters. The van der Waals surface area contributed by atoms with Gasteiger partial charge in [0.1, 0.15) is 0 Å². The summed E-state index contributed by atoms with van der Waals surface area (Å²) in [6.07, 6.45) is 0. The number of carbonyl (C=O) groups excluding carboxylic acids is 1. The fourth-order valence-electron chi connectivity index (χ4n) is 1.92. The highest BCUT2D eigenvalue weighted by Gasteiger charge is 2.22. The maximum absolute atomic E-state index is 11.1. The molecule has 0 N–H and O–H groups in total. The molecule has 1 saturated heterocycles. The molecule has 1 aliphatic rings. The van der Waals surface area contributed by atoms with Crippen molar-refractivity contribution in [2.75, 3.05) is 32.7 Å². The highest BCUT2D eigenvalue weighted by molar-refractivity contribution is 5.73. The third-order valence-electron chi connectivity index (χ3n) is 3.24. The van der Waals surface area contributed by atoms with Crippen molar-refractivity contribution >= 4 is 5.91 Å². The minimum atomic E-state index is 0.101. The van der Waals surface area contributed by atoms with Crippen molar-refractivity contribution in [1.29, 1.82) is 5.26 Å². The molecule has 0 aromatic rings. The molecule has 0 aromatic heterocycles. The minimum absolute atomic E-state index is 0.101. The molecule has 90 valence electrons. The van der Waals surface area contributed by atoms with Crippen LogP contribution in [0.3, 0.4) is 0 Å². The normalized spacial score (nSPS) is 19.6. The molecular weight excluding hydrogens is 202 g/mol. The Bertz CT molecular complexity index is 274. The summed E-state index contributed by atoms with van der Waals surface area (Å²) in [7, 11) is 0. The largest absolute Gasteiger partial charge is 0.340 e. The van der Waals surface area contributed by atoms with E-state index >= 15 is 0 Å². The van der Waals surface area contributed by atoms with Gasteiger partial charge >= 0.3 is 0 Å². The third-order valence-corrected chi connectivity index (χ3v) is 3.24. The monoisotopic (exact) mass is 223 g/mol. The molecule has 1 aliphatic heterocycles. The van der Waals surface area contributed by atoms with E-state index in [1.807, 2.05) is 4.90 Å². The first-order valence-electron chi connectivity index (χ1n) is 5.92. The number of carbonyl (C=O) groups is 1. The van der Waals surface area contributed by atoms with Crippen LogP contribution in [0.25, 0.3) is 0 Å². The molecular formula is C12H21N3O. The molecule has 0 bridgehead atoms. The first kappa shape index (κ1) is 13.0. The summed E-state index contributed by atoms with van der Waals surface area (Å²) >= 11 is 0. The second-order valence-electron chi connectivity index (χ2n) is 4.79. The number of hydrogen-bond acceptors (Lipinski definition) is 3. The molecule has 1 heterocycles. The predicted octanol–water partition coefficient (Wildman–Crippen LogP) is 0.946. The highest BCUT2D eigenvalue weighted by atomic mass is 16.2. The lowest BCUT2D eigenvalue weighted by molar-refractivity contribution is -0.130. The Hall–Kier alpha value is -1.08. The molecule has 4 heteroatoms. The number of rotatable bonds is 3. The summed E-state index contributed by atoms with van der Waals surface area (Å²) in [5, 5.41) is 9.03. The van der Waals surface area contributed by atoms with Crippen molar-refractivity contribution in [2.24, 2.45) is 11.8 Å². The van der Waals surface area contributed by atoms with Crippen molar-refractivity contribution < 1.29 is 4.79 Å². The second kappa shape index (κ2) is 5.86. The van der Waals surface area contributed by atoms with Gasteiger partial charge in [0.05, 0.1) is 12.0 Å². The van der Waals surface area contributed by atoms with Crippen molar-refractivity contribution in [2.45, 2.75) is 20.8 Å². The van der Waals surface area contributed by atoms with Crippen LogP contribution < -0.4 is 0 Å². The Morgan fingerprint density at radius 2 is 1.88 bits per heavy atom.